The van der Waals surface area contributed by atoms with E-state index in [9.17, 15) is 9.59 Å². The van der Waals surface area contributed by atoms with Crippen LogP contribution in [0.3, 0.4) is 0 Å². The molecule has 3 atom stereocenters. The first-order valence-corrected chi connectivity index (χ1v) is 9.29. The van der Waals surface area contributed by atoms with Gasteiger partial charge in [-0.1, -0.05) is 12.1 Å². The van der Waals surface area contributed by atoms with E-state index >= 15 is 0 Å². The molecule has 1 aliphatic rings. The number of carbonyl (C=O) groups excluding carboxylic acids is 2. The third kappa shape index (κ3) is 7.28. The molecule has 7 nitrogen and oxygen atoms in total. The fourth-order valence-electron chi connectivity index (χ4n) is 3.24. The lowest BCUT2D eigenvalue weighted by Crippen LogP contribution is -2.44. The van der Waals surface area contributed by atoms with Crippen molar-refractivity contribution in [3.63, 3.8) is 0 Å². The molecule has 1 heterocycles. The number of morpholine rings is 1. The van der Waals surface area contributed by atoms with Crippen LogP contribution < -0.4 is 5.32 Å². The molecule has 1 N–H and O–H groups in total. The largest absolute Gasteiger partial charge is 0.452 e. The second-order valence-corrected chi connectivity index (χ2v) is 7.15. The molecule has 0 aliphatic carbocycles. The maximum atomic E-state index is 12.1. The molecule has 0 aromatic heterocycles. The van der Waals surface area contributed by atoms with E-state index in [2.05, 4.69) is 24.1 Å². The summed E-state index contributed by atoms with van der Waals surface area (Å²) in [5.74, 6) is -0.857. The average molecular weight is 378 g/mol. The van der Waals surface area contributed by atoms with Crippen LogP contribution in [0.25, 0.3) is 0 Å². The number of hydrogen-bond donors (Lipinski definition) is 1. The molecular weight excluding hydrogens is 348 g/mol. The summed E-state index contributed by atoms with van der Waals surface area (Å²) in [6, 6.07) is 7.17. The Morgan fingerprint density at radius 3 is 2.44 bits per heavy atom. The average Bonchev–Trinajstić information content (AvgIpc) is 2.59. The highest BCUT2D eigenvalue weighted by Gasteiger charge is 2.22. The lowest BCUT2D eigenvalue weighted by atomic mass is 10.1. The van der Waals surface area contributed by atoms with Crippen LogP contribution in [0.2, 0.25) is 0 Å². The number of ether oxygens (including phenoxy) is 3. The first-order valence-electron chi connectivity index (χ1n) is 9.29. The van der Waals surface area contributed by atoms with Crippen LogP contribution in [0.1, 0.15) is 36.7 Å². The highest BCUT2D eigenvalue weighted by molar-refractivity contribution is 5.91. The molecule has 0 bridgehead atoms. The molecule has 0 spiro atoms. The summed E-state index contributed by atoms with van der Waals surface area (Å²) in [5, 5.41) is 2.69. The quantitative estimate of drug-likeness (QED) is 0.693. The van der Waals surface area contributed by atoms with E-state index in [-0.39, 0.29) is 30.8 Å². The normalized spacial score (nSPS) is 21.5. The van der Waals surface area contributed by atoms with Crippen molar-refractivity contribution in [2.45, 2.75) is 45.6 Å². The standard InChI is InChI=1S/C20H30N2O5/c1-14(12-25-4)21-19(23)13-26-20(24)18-7-5-17(6-8-18)11-22-9-15(2)27-16(3)10-22/h5-8,14-16H,9-13H2,1-4H3,(H,21,23). The molecule has 3 unspecified atom stereocenters. The number of carbonyl (C=O) groups is 2. The summed E-state index contributed by atoms with van der Waals surface area (Å²) in [7, 11) is 1.56. The minimum Gasteiger partial charge on any atom is -0.452 e. The van der Waals surface area contributed by atoms with Crippen molar-refractivity contribution in [1.82, 2.24) is 10.2 Å². The molecule has 1 aromatic carbocycles. The van der Waals surface area contributed by atoms with Gasteiger partial charge in [0.05, 0.1) is 24.4 Å². The smallest absolute Gasteiger partial charge is 0.338 e. The molecule has 150 valence electrons. The summed E-state index contributed by atoms with van der Waals surface area (Å²) >= 11 is 0. The van der Waals surface area contributed by atoms with Crippen molar-refractivity contribution in [2.24, 2.45) is 0 Å². The van der Waals surface area contributed by atoms with E-state index in [4.69, 9.17) is 14.2 Å². The second-order valence-electron chi connectivity index (χ2n) is 7.15. The zero-order valence-corrected chi connectivity index (χ0v) is 16.6. The van der Waals surface area contributed by atoms with Crippen LogP contribution >= 0.6 is 0 Å². The molecule has 1 saturated heterocycles. The summed E-state index contributed by atoms with van der Waals surface area (Å²) in [6.07, 6.45) is 0.446. The minimum atomic E-state index is -0.510. The van der Waals surface area contributed by atoms with Crippen LogP contribution in [0, 0.1) is 0 Å². The maximum absolute atomic E-state index is 12.1. The first-order chi connectivity index (χ1) is 12.9. The summed E-state index contributed by atoms with van der Waals surface area (Å²) < 4.78 is 15.8. The Morgan fingerprint density at radius 1 is 1.22 bits per heavy atom. The second kappa shape index (κ2) is 10.4. The van der Waals surface area contributed by atoms with Gasteiger partial charge in [0.25, 0.3) is 5.91 Å². The monoisotopic (exact) mass is 378 g/mol. The molecule has 7 heteroatoms. The highest BCUT2D eigenvalue weighted by atomic mass is 16.5. The summed E-state index contributed by atoms with van der Waals surface area (Å²) in [6.45, 7) is 8.67. The van der Waals surface area contributed by atoms with Gasteiger partial charge in [-0.3, -0.25) is 9.69 Å². The van der Waals surface area contributed by atoms with Crippen molar-refractivity contribution >= 4 is 11.9 Å². The number of methoxy groups -OCH3 is 1. The van der Waals surface area contributed by atoms with Crippen LogP contribution in [0.4, 0.5) is 0 Å². The Labute approximate surface area is 161 Å². The van der Waals surface area contributed by atoms with E-state index in [0.717, 1.165) is 25.2 Å². The molecular formula is C20H30N2O5. The number of esters is 1. The van der Waals surface area contributed by atoms with Crippen molar-refractivity contribution in [3.8, 4) is 0 Å². The summed E-state index contributed by atoms with van der Waals surface area (Å²) in [4.78, 5) is 26.2. The van der Waals surface area contributed by atoms with Gasteiger partial charge in [-0.05, 0) is 38.5 Å². The van der Waals surface area contributed by atoms with E-state index in [1.165, 1.54) is 0 Å². The van der Waals surface area contributed by atoms with Gasteiger partial charge in [0, 0.05) is 32.8 Å². The van der Waals surface area contributed by atoms with Crippen molar-refractivity contribution < 1.29 is 23.8 Å². The van der Waals surface area contributed by atoms with Gasteiger partial charge in [0.15, 0.2) is 6.61 Å². The zero-order valence-electron chi connectivity index (χ0n) is 16.6. The number of rotatable bonds is 8. The SMILES string of the molecule is COCC(C)NC(=O)COC(=O)c1ccc(CN2CC(C)OC(C)C2)cc1. The van der Waals surface area contributed by atoms with Crippen LogP contribution in [0.5, 0.6) is 0 Å². The summed E-state index contributed by atoms with van der Waals surface area (Å²) in [5.41, 5.74) is 1.55. The topological polar surface area (TPSA) is 77.1 Å². The molecule has 27 heavy (non-hydrogen) atoms. The number of amides is 1. The Kier molecular flexibility index (Phi) is 8.22. The van der Waals surface area contributed by atoms with Crippen LogP contribution in [0.15, 0.2) is 24.3 Å². The van der Waals surface area contributed by atoms with Gasteiger partial charge in [-0.25, -0.2) is 4.79 Å². The van der Waals surface area contributed by atoms with Crippen molar-refractivity contribution in [1.29, 1.82) is 0 Å². The Bertz CT molecular complexity index is 609. The zero-order chi connectivity index (χ0) is 19.8. The van der Waals surface area contributed by atoms with Crippen molar-refractivity contribution in [3.05, 3.63) is 35.4 Å². The third-order valence-electron chi connectivity index (χ3n) is 4.25. The van der Waals surface area contributed by atoms with Gasteiger partial charge < -0.3 is 19.5 Å². The van der Waals surface area contributed by atoms with E-state index in [0.29, 0.717) is 12.2 Å². The molecule has 0 saturated carbocycles. The van der Waals surface area contributed by atoms with E-state index in [1.807, 2.05) is 19.1 Å². The molecule has 2 rings (SSSR count). The molecule has 1 aliphatic heterocycles. The minimum absolute atomic E-state index is 0.133. The Balaban J connectivity index is 1.80. The third-order valence-corrected chi connectivity index (χ3v) is 4.25. The highest BCUT2D eigenvalue weighted by Crippen LogP contribution is 2.15. The molecule has 1 aromatic rings. The van der Waals surface area contributed by atoms with E-state index in [1.54, 1.807) is 19.2 Å². The fourth-order valence-corrected chi connectivity index (χ4v) is 3.24. The van der Waals surface area contributed by atoms with Crippen LogP contribution in [-0.4, -0.2) is 68.4 Å². The van der Waals surface area contributed by atoms with Gasteiger partial charge in [0.1, 0.15) is 0 Å². The number of hydrogen-bond acceptors (Lipinski definition) is 6. The fraction of sp³-hybridized carbons (Fsp3) is 0.600. The van der Waals surface area contributed by atoms with E-state index < -0.39 is 5.97 Å². The van der Waals surface area contributed by atoms with Crippen LogP contribution in [-0.2, 0) is 25.5 Å². The number of benzene rings is 1. The van der Waals surface area contributed by atoms with Gasteiger partial charge >= 0.3 is 5.97 Å². The lowest BCUT2D eigenvalue weighted by molar-refractivity contribution is -0.125. The van der Waals surface area contributed by atoms with Gasteiger partial charge in [-0.2, -0.15) is 0 Å². The Morgan fingerprint density at radius 2 is 1.85 bits per heavy atom. The maximum Gasteiger partial charge on any atom is 0.338 e. The molecule has 1 fully saturated rings. The predicted octanol–water partition coefficient (Wildman–Crippen LogP) is 1.60. The Hall–Kier alpha value is -1.96. The van der Waals surface area contributed by atoms with Gasteiger partial charge in [0.2, 0.25) is 0 Å². The molecule has 0 radical (unpaired) electrons. The number of nitrogens with zero attached hydrogens (tertiary/aromatic N) is 1. The molecule has 1 amide bonds. The van der Waals surface area contributed by atoms with Gasteiger partial charge in [-0.15, -0.1) is 0 Å². The number of nitrogens with one attached hydrogen (secondary N) is 1. The van der Waals surface area contributed by atoms with Crippen molar-refractivity contribution in [2.75, 3.05) is 33.4 Å². The lowest BCUT2D eigenvalue weighted by Gasteiger charge is -2.35. The predicted molar refractivity (Wildman–Crippen MR) is 101 cm³/mol. The first kappa shape index (κ1) is 21.3.